The number of hydrogen-bond donors (Lipinski definition) is 1. The molecule has 2 rings (SSSR count). The standard InChI is InChI=1S/C19H28ClN5O4/c1-12-15(14(28-6)9-21-5)16(23-17(20)22-12)24-7-8-25(13(10-24)11-26)18(27)29-19(2,3)4/h9,13,26H,1,7-8,10-11H2,2-6H3/b15-14-,21-9?/t13-/m1/s1. The van der Waals surface area contributed by atoms with Crippen molar-refractivity contribution in [1.29, 1.82) is 0 Å². The lowest BCUT2D eigenvalue weighted by Crippen LogP contribution is -2.59. The number of hydrogen-bond acceptors (Lipinski definition) is 8. The number of nitrogens with zero attached hydrogens (tertiary/aromatic N) is 5. The summed E-state index contributed by atoms with van der Waals surface area (Å²) in [5.41, 5.74) is -0.619. The lowest BCUT2D eigenvalue weighted by molar-refractivity contribution is 0.00697. The Morgan fingerprint density at radius 1 is 1.41 bits per heavy atom. The second-order valence-electron chi connectivity index (χ2n) is 7.55. The Morgan fingerprint density at radius 2 is 2.10 bits per heavy atom. The van der Waals surface area contributed by atoms with Crippen LogP contribution in [-0.2, 0) is 9.47 Å². The van der Waals surface area contributed by atoms with Crippen LogP contribution in [0.25, 0.3) is 12.3 Å². The molecule has 10 heteroatoms. The number of carbonyl (C=O) groups excluding carboxylic acids is 1. The number of methoxy groups -OCH3 is 1. The van der Waals surface area contributed by atoms with E-state index in [1.165, 1.54) is 12.0 Å². The van der Waals surface area contributed by atoms with Gasteiger partial charge in [-0.15, -0.1) is 0 Å². The molecule has 1 saturated heterocycles. The molecule has 2 heterocycles. The van der Waals surface area contributed by atoms with Gasteiger partial charge in [0.05, 0.1) is 36.5 Å². The molecule has 0 saturated carbocycles. The fourth-order valence-corrected chi connectivity index (χ4v) is 3.23. The second kappa shape index (κ2) is 9.41. The van der Waals surface area contributed by atoms with Gasteiger partial charge in [0.25, 0.3) is 0 Å². The summed E-state index contributed by atoms with van der Waals surface area (Å²) < 4.78 is 10.9. The van der Waals surface area contributed by atoms with Crippen molar-refractivity contribution >= 4 is 42.1 Å². The normalized spacial score (nSPS) is 18.8. The third-order valence-electron chi connectivity index (χ3n) is 4.27. The number of aromatic nitrogens is 2. The van der Waals surface area contributed by atoms with Crippen LogP contribution in [0.1, 0.15) is 20.8 Å². The Hall–Kier alpha value is -2.39. The van der Waals surface area contributed by atoms with Gasteiger partial charge in [0.15, 0.2) is 0 Å². The first-order chi connectivity index (χ1) is 13.6. The van der Waals surface area contributed by atoms with Crippen LogP contribution < -0.4 is 15.5 Å². The molecular formula is C19H28ClN5O4. The molecular weight excluding hydrogens is 398 g/mol. The van der Waals surface area contributed by atoms with E-state index in [0.29, 0.717) is 41.8 Å². The van der Waals surface area contributed by atoms with Gasteiger partial charge in [-0.3, -0.25) is 9.89 Å². The minimum absolute atomic E-state index is 0.0489. The van der Waals surface area contributed by atoms with Gasteiger partial charge >= 0.3 is 6.09 Å². The maximum absolute atomic E-state index is 12.5. The van der Waals surface area contributed by atoms with Gasteiger partial charge in [0.1, 0.15) is 17.2 Å². The van der Waals surface area contributed by atoms with Gasteiger partial charge < -0.3 is 19.5 Å². The molecule has 0 radical (unpaired) electrons. The number of ether oxygens (including phenoxy) is 2. The maximum Gasteiger partial charge on any atom is 0.410 e. The van der Waals surface area contributed by atoms with Gasteiger partial charge in [0.2, 0.25) is 5.28 Å². The molecule has 1 aliphatic heterocycles. The molecule has 1 aliphatic rings. The predicted octanol–water partition coefficient (Wildman–Crippen LogP) is 0.414. The van der Waals surface area contributed by atoms with Crippen molar-refractivity contribution in [2.24, 2.45) is 4.99 Å². The summed E-state index contributed by atoms with van der Waals surface area (Å²) in [6.07, 6.45) is 1.09. The third-order valence-corrected chi connectivity index (χ3v) is 4.44. The van der Waals surface area contributed by atoms with Crippen molar-refractivity contribution in [2.75, 3.05) is 45.3 Å². The van der Waals surface area contributed by atoms with Gasteiger partial charge in [0, 0.05) is 26.7 Å². The van der Waals surface area contributed by atoms with Crippen LogP contribution in [0.2, 0.25) is 5.28 Å². The SMILES string of the molecule is C=c1nc(Cl)nc(N2CCN(C(=O)OC(C)(C)C)[C@@H](CO)C2)/c1=C(/C=NC)OC. The summed E-state index contributed by atoms with van der Waals surface area (Å²) in [7, 11) is 3.14. The molecule has 0 aromatic carbocycles. The van der Waals surface area contributed by atoms with E-state index in [1.807, 2.05) is 4.90 Å². The van der Waals surface area contributed by atoms with Crippen molar-refractivity contribution in [1.82, 2.24) is 14.9 Å². The molecule has 0 spiro atoms. The molecule has 9 nitrogen and oxygen atoms in total. The summed E-state index contributed by atoms with van der Waals surface area (Å²) >= 11 is 6.08. The first-order valence-electron chi connectivity index (χ1n) is 9.19. The first kappa shape index (κ1) is 22.9. The van der Waals surface area contributed by atoms with Gasteiger partial charge in [-0.2, -0.15) is 4.98 Å². The van der Waals surface area contributed by atoms with Crippen molar-refractivity contribution < 1.29 is 19.4 Å². The number of halogens is 1. The lowest BCUT2D eigenvalue weighted by Gasteiger charge is -2.41. The number of aliphatic hydroxyl groups is 1. The summed E-state index contributed by atoms with van der Waals surface area (Å²) in [5, 5.41) is 10.9. The predicted molar refractivity (Wildman–Crippen MR) is 113 cm³/mol. The lowest BCUT2D eigenvalue weighted by atomic mass is 10.1. The highest BCUT2D eigenvalue weighted by Crippen LogP contribution is 2.18. The molecule has 1 atom stereocenters. The van der Waals surface area contributed by atoms with Crippen molar-refractivity contribution in [3.05, 3.63) is 15.9 Å². The number of aliphatic imine (C=N–C) groups is 1. The van der Waals surface area contributed by atoms with Gasteiger partial charge in [-0.1, -0.05) is 6.58 Å². The van der Waals surface area contributed by atoms with Crippen LogP contribution in [-0.4, -0.2) is 84.3 Å². The average Bonchev–Trinajstić information content (AvgIpc) is 2.64. The smallest absolute Gasteiger partial charge is 0.410 e. The minimum Gasteiger partial charge on any atom is -0.494 e. The first-order valence-corrected chi connectivity index (χ1v) is 9.57. The van der Waals surface area contributed by atoms with E-state index in [1.54, 1.807) is 34.0 Å². The molecule has 0 aliphatic carbocycles. The summed E-state index contributed by atoms with van der Waals surface area (Å²) in [4.78, 5) is 28.5. The largest absolute Gasteiger partial charge is 0.494 e. The summed E-state index contributed by atoms with van der Waals surface area (Å²) in [6.45, 7) is 10.3. The number of rotatable bonds is 4. The minimum atomic E-state index is -0.619. The Labute approximate surface area is 175 Å². The number of aliphatic hydroxyl groups excluding tert-OH is 1. The molecule has 1 N–H and O–H groups in total. The average molecular weight is 426 g/mol. The number of carbonyl (C=O) groups is 1. The third kappa shape index (κ3) is 5.57. The molecule has 160 valence electrons. The zero-order chi connectivity index (χ0) is 21.8. The topological polar surface area (TPSA) is 100 Å². The monoisotopic (exact) mass is 425 g/mol. The molecule has 1 aromatic rings. The van der Waals surface area contributed by atoms with Crippen molar-refractivity contribution in [3.8, 4) is 0 Å². The van der Waals surface area contributed by atoms with E-state index >= 15 is 0 Å². The summed E-state index contributed by atoms with van der Waals surface area (Å²) in [6, 6.07) is -0.473. The molecule has 0 unspecified atom stereocenters. The Balaban J connectivity index is 2.43. The fraction of sp³-hybridized carbons (Fsp3) is 0.579. The maximum atomic E-state index is 12.5. The zero-order valence-electron chi connectivity index (χ0n) is 17.5. The van der Waals surface area contributed by atoms with E-state index in [9.17, 15) is 9.90 Å². The van der Waals surface area contributed by atoms with Crippen LogP contribution in [0.4, 0.5) is 10.6 Å². The van der Waals surface area contributed by atoms with E-state index in [-0.39, 0.29) is 11.9 Å². The van der Waals surface area contributed by atoms with Crippen LogP contribution >= 0.6 is 11.6 Å². The van der Waals surface area contributed by atoms with E-state index in [4.69, 9.17) is 21.1 Å². The van der Waals surface area contributed by atoms with Crippen LogP contribution in [0.3, 0.4) is 0 Å². The Bertz CT molecular complexity index is 884. The highest BCUT2D eigenvalue weighted by molar-refractivity contribution is 6.28. The number of amides is 1. The van der Waals surface area contributed by atoms with E-state index in [0.717, 1.165) is 0 Å². The molecule has 1 fully saturated rings. The van der Waals surface area contributed by atoms with Gasteiger partial charge in [-0.05, 0) is 32.4 Å². The number of piperazine rings is 1. The number of anilines is 1. The van der Waals surface area contributed by atoms with Crippen molar-refractivity contribution in [2.45, 2.75) is 32.4 Å². The van der Waals surface area contributed by atoms with E-state index in [2.05, 4.69) is 21.5 Å². The molecule has 0 bridgehead atoms. The van der Waals surface area contributed by atoms with Crippen LogP contribution in [0.15, 0.2) is 4.99 Å². The summed E-state index contributed by atoms with van der Waals surface area (Å²) in [5.74, 6) is 0.952. The fourth-order valence-electron chi connectivity index (χ4n) is 3.05. The quantitative estimate of drug-likeness (QED) is 0.551. The van der Waals surface area contributed by atoms with Crippen LogP contribution in [0.5, 0.6) is 0 Å². The zero-order valence-corrected chi connectivity index (χ0v) is 18.2. The second-order valence-corrected chi connectivity index (χ2v) is 7.89. The van der Waals surface area contributed by atoms with Gasteiger partial charge in [-0.25, -0.2) is 9.78 Å². The Kier molecular flexibility index (Phi) is 7.43. The molecule has 29 heavy (non-hydrogen) atoms. The Morgan fingerprint density at radius 3 is 2.66 bits per heavy atom. The van der Waals surface area contributed by atoms with Crippen LogP contribution in [0, 0.1) is 0 Å². The molecule has 1 amide bonds. The molecule has 1 aromatic heterocycles. The highest BCUT2D eigenvalue weighted by Gasteiger charge is 2.34. The van der Waals surface area contributed by atoms with E-state index < -0.39 is 17.7 Å². The van der Waals surface area contributed by atoms with Crippen molar-refractivity contribution in [3.63, 3.8) is 0 Å². The highest BCUT2D eigenvalue weighted by atomic mass is 35.5.